The summed E-state index contributed by atoms with van der Waals surface area (Å²) < 4.78 is 7.80. The second-order valence-electron chi connectivity index (χ2n) is 6.22. The fourth-order valence-corrected chi connectivity index (χ4v) is 2.62. The van der Waals surface area contributed by atoms with Crippen LogP contribution in [0.3, 0.4) is 0 Å². The molecule has 0 saturated heterocycles. The minimum atomic E-state index is -1.03. The first-order chi connectivity index (χ1) is 9.46. The molecule has 104 valence electrons. The third-order valence-corrected chi connectivity index (χ3v) is 4.85. The maximum Gasteiger partial charge on any atom is 0.124 e. The second kappa shape index (κ2) is 6.41. The van der Waals surface area contributed by atoms with Crippen LogP contribution in [0, 0.1) is 0 Å². The van der Waals surface area contributed by atoms with Gasteiger partial charge < -0.3 is 9.30 Å². The molecule has 0 aliphatic rings. The number of hydrogen-bond donors (Lipinski definition) is 0. The largest absolute Gasteiger partial charge is 0.361 e. The average Bonchev–Trinajstić information content (AvgIpc) is 2.83. The van der Waals surface area contributed by atoms with Gasteiger partial charge in [-0.05, 0) is 11.6 Å². The molecule has 2 aromatic rings. The van der Waals surface area contributed by atoms with E-state index in [1.54, 1.807) is 6.33 Å². The van der Waals surface area contributed by atoms with Crippen LogP contribution in [0.25, 0.3) is 11.3 Å². The molecule has 0 aliphatic heterocycles. The zero-order valence-electron chi connectivity index (χ0n) is 12.5. The van der Waals surface area contributed by atoms with E-state index in [1.165, 1.54) is 6.04 Å². The van der Waals surface area contributed by atoms with E-state index < -0.39 is 8.07 Å². The van der Waals surface area contributed by atoms with Crippen molar-refractivity contribution in [2.24, 2.45) is 0 Å². The van der Waals surface area contributed by atoms with Crippen molar-refractivity contribution in [1.29, 1.82) is 0 Å². The first kappa shape index (κ1) is 15.1. The summed E-state index contributed by atoms with van der Waals surface area (Å²) in [6.45, 7) is 8.42. The lowest BCUT2D eigenvalue weighted by Gasteiger charge is -2.16. The van der Waals surface area contributed by atoms with Crippen molar-refractivity contribution in [3.63, 3.8) is 0 Å². The molecule has 0 aliphatic carbocycles. The van der Waals surface area contributed by atoms with Gasteiger partial charge in [-0.3, -0.25) is 0 Å². The predicted octanol–water partition coefficient (Wildman–Crippen LogP) is 2.66. The molecule has 0 amide bonds. The SMILES string of the molecule is [B]c1ccc(-c2cncn2COCC[Si](C)(C)C)cc1. The van der Waals surface area contributed by atoms with E-state index in [9.17, 15) is 0 Å². The van der Waals surface area contributed by atoms with E-state index in [1.807, 2.05) is 35.0 Å². The van der Waals surface area contributed by atoms with Crippen LogP contribution in [0.1, 0.15) is 0 Å². The van der Waals surface area contributed by atoms with E-state index in [0.29, 0.717) is 6.73 Å². The number of imidazole rings is 1. The van der Waals surface area contributed by atoms with Crippen LogP contribution in [-0.2, 0) is 11.5 Å². The fourth-order valence-electron chi connectivity index (χ4n) is 1.86. The zero-order valence-corrected chi connectivity index (χ0v) is 13.5. The predicted molar refractivity (Wildman–Crippen MR) is 87.2 cm³/mol. The minimum Gasteiger partial charge on any atom is -0.361 e. The van der Waals surface area contributed by atoms with Gasteiger partial charge in [-0.15, -0.1) is 0 Å². The minimum absolute atomic E-state index is 0.546. The number of aromatic nitrogens is 2. The highest BCUT2D eigenvalue weighted by Gasteiger charge is 2.12. The van der Waals surface area contributed by atoms with Crippen LogP contribution < -0.4 is 5.46 Å². The maximum absolute atomic E-state index is 5.77. The first-order valence-corrected chi connectivity index (χ1v) is 10.6. The van der Waals surface area contributed by atoms with Crippen molar-refractivity contribution in [2.45, 2.75) is 32.4 Å². The van der Waals surface area contributed by atoms with Crippen LogP contribution in [0.15, 0.2) is 36.8 Å². The van der Waals surface area contributed by atoms with Crippen molar-refractivity contribution in [2.75, 3.05) is 6.61 Å². The van der Waals surface area contributed by atoms with E-state index in [-0.39, 0.29) is 0 Å². The Kier molecular flexibility index (Phi) is 4.83. The third-order valence-electron chi connectivity index (χ3n) is 3.15. The normalized spacial score (nSPS) is 11.8. The molecule has 5 heteroatoms. The summed E-state index contributed by atoms with van der Waals surface area (Å²) in [6, 6.07) is 8.99. The molecular formula is C15H21BN2OSi. The fraction of sp³-hybridized carbons (Fsp3) is 0.400. The molecule has 0 unspecified atom stereocenters. The lowest BCUT2D eigenvalue weighted by atomic mass is 9.95. The Morgan fingerprint density at radius 3 is 2.55 bits per heavy atom. The molecule has 1 heterocycles. The molecule has 0 saturated carbocycles. The molecule has 0 fully saturated rings. The molecule has 2 radical (unpaired) electrons. The number of nitrogens with zero attached hydrogens (tertiary/aromatic N) is 2. The Hall–Kier alpha value is -1.33. The van der Waals surface area contributed by atoms with Gasteiger partial charge in [0.25, 0.3) is 0 Å². The van der Waals surface area contributed by atoms with E-state index in [4.69, 9.17) is 12.6 Å². The summed E-state index contributed by atoms with van der Waals surface area (Å²) in [7, 11) is 4.69. The smallest absolute Gasteiger partial charge is 0.124 e. The van der Waals surface area contributed by atoms with Crippen molar-refractivity contribution in [1.82, 2.24) is 9.55 Å². The molecular weight excluding hydrogens is 263 g/mol. The Labute approximate surface area is 123 Å². The molecule has 3 nitrogen and oxygen atoms in total. The summed E-state index contributed by atoms with van der Waals surface area (Å²) in [5.74, 6) is 0. The van der Waals surface area contributed by atoms with Crippen LogP contribution >= 0.6 is 0 Å². The Balaban J connectivity index is 1.97. The molecule has 2 rings (SSSR count). The van der Waals surface area contributed by atoms with Crippen molar-refractivity contribution < 1.29 is 4.74 Å². The Bertz CT molecular complexity index is 546. The molecule has 0 atom stereocenters. The van der Waals surface area contributed by atoms with Gasteiger partial charge in [0.15, 0.2) is 0 Å². The lowest BCUT2D eigenvalue weighted by Crippen LogP contribution is -2.22. The van der Waals surface area contributed by atoms with Crippen LogP contribution in [0.2, 0.25) is 25.7 Å². The molecule has 0 N–H and O–H groups in total. The van der Waals surface area contributed by atoms with E-state index >= 15 is 0 Å². The zero-order chi connectivity index (χ0) is 14.6. The van der Waals surface area contributed by atoms with E-state index in [0.717, 1.165) is 23.3 Å². The number of benzene rings is 1. The van der Waals surface area contributed by atoms with Crippen LogP contribution in [-0.4, -0.2) is 32.1 Å². The summed E-state index contributed by atoms with van der Waals surface area (Å²) >= 11 is 0. The third kappa shape index (κ3) is 4.35. The van der Waals surface area contributed by atoms with Gasteiger partial charge in [0.1, 0.15) is 14.6 Å². The maximum atomic E-state index is 5.77. The highest BCUT2D eigenvalue weighted by atomic mass is 28.3. The van der Waals surface area contributed by atoms with Crippen molar-refractivity contribution in [3.8, 4) is 11.3 Å². The van der Waals surface area contributed by atoms with Gasteiger partial charge in [0.05, 0.1) is 18.2 Å². The topological polar surface area (TPSA) is 27.1 Å². The molecule has 1 aromatic heterocycles. The average molecular weight is 284 g/mol. The standard InChI is InChI=1S/C15H21BN2OSi/c1-20(2,3)9-8-19-12-18-11-17-10-15(18)13-4-6-14(16)7-5-13/h4-7,10-11H,8-9,12H2,1-3H3. The molecule has 1 aromatic carbocycles. The Morgan fingerprint density at radius 1 is 1.20 bits per heavy atom. The highest BCUT2D eigenvalue weighted by molar-refractivity contribution is 6.76. The highest BCUT2D eigenvalue weighted by Crippen LogP contribution is 2.18. The van der Waals surface area contributed by atoms with Crippen molar-refractivity contribution in [3.05, 3.63) is 36.8 Å². The van der Waals surface area contributed by atoms with Gasteiger partial charge in [-0.1, -0.05) is 49.4 Å². The molecule has 0 bridgehead atoms. The van der Waals surface area contributed by atoms with Gasteiger partial charge in [0, 0.05) is 14.7 Å². The van der Waals surface area contributed by atoms with E-state index in [2.05, 4.69) is 24.6 Å². The summed E-state index contributed by atoms with van der Waals surface area (Å²) in [5, 5.41) is 0. The van der Waals surface area contributed by atoms with Gasteiger partial charge in [0.2, 0.25) is 0 Å². The molecule has 0 spiro atoms. The van der Waals surface area contributed by atoms with Crippen LogP contribution in [0.5, 0.6) is 0 Å². The number of ether oxygens (including phenoxy) is 1. The second-order valence-corrected chi connectivity index (χ2v) is 11.8. The van der Waals surface area contributed by atoms with Gasteiger partial charge in [-0.25, -0.2) is 4.98 Å². The summed E-state index contributed by atoms with van der Waals surface area (Å²) in [5.41, 5.74) is 2.93. The molecule has 20 heavy (non-hydrogen) atoms. The van der Waals surface area contributed by atoms with Gasteiger partial charge >= 0.3 is 0 Å². The quantitative estimate of drug-likeness (QED) is 0.602. The first-order valence-electron chi connectivity index (χ1n) is 6.89. The monoisotopic (exact) mass is 284 g/mol. The summed E-state index contributed by atoms with van der Waals surface area (Å²) in [4.78, 5) is 4.21. The lowest BCUT2D eigenvalue weighted by molar-refractivity contribution is 0.0882. The number of rotatable bonds is 6. The van der Waals surface area contributed by atoms with Crippen molar-refractivity contribution >= 4 is 21.4 Å². The number of hydrogen-bond acceptors (Lipinski definition) is 2. The summed E-state index contributed by atoms with van der Waals surface area (Å²) in [6.07, 6.45) is 3.66. The van der Waals surface area contributed by atoms with Gasteiger partial charge in [-0.2, -0.15) is 0 Å². The van der Waals surface area contributed by atoms with Crippen LogP contribution in [0.4, 0.5) is 0 Å². The Morgan fingerprint density at radius 2 is 1.90 bits per heavy atom.